The third-order valence-corrected chi connectivity index (χ3v) is 5.19. The van der Waals surface area contributed by atoms with Crippen LogP contribution < -0.4 is 10.0 Å². The van der Waals surface area contributed by atoms with Crippen molar-refractivity contribution < 1.29 is 17.9 Å². The van der Waals surface area contributed by atoms with Crippen LogP contribution in [0.4, 0.5) is 0 Å². The molecule has 0 saturated carbocycles. The summed E-state index contributed by atoms with van der Waals surface area (Å²) >= 11 is 3.28. The first kappa shape index (κ1) is 20.1. The molecule has 130 valence electrons. The summed E-state index contributed by atoms with van der Waals surface area (Å²) < 4.78 is 32.7. The van der Waals surface area contributed by atoms with Crippen LogP contribution in [0.1, 0.15) is 37.6 Å². The smallest absolute Gasteiger partial charge is 0.252 e. The van der Waals surface area contributed by atoms with Gasteiger partial charge in [-0.25, -0.2) is 13.1 Å². The van der Waals surface area contributed by atoms with E-state index in [9.17, 15) is 13.2 Å². The van der Waals surface area contributed by atoms with Gasteiger partial charge < -0.3 is 10.1 Å². The monoisotopic (exact) mass is 406 g/mol. The van der Waals surface area contributed by atoms with Gasteiger partial charge in [-0.3, -0.25) is 4.79 Å². The molecule has 0 bridgehead atoms. The average Bonchev–Trinajstić information content (AvgIpc) is 2.41. The SMILES string of the molecule is COCCCNC(=O)c1cc(S(=O)(=O)NC(C)(C)C)ccc1Br. The van der Waals surface area contributed by atoms with E-state index in [0.29, 0.717) is 24.0 Å². The van der Waals surface area contributed by atoms with Gasteiger partial charge in [-0.05, 0) is 61.3 Å². The Labute approximate surface area is 146 Å². The van der Waals surface area contributed by atoms with E-state index in [1.165, 1.54) is 12.1 Å². The van der Waals surface area contributed by atoms with Crippen LogP contribution in [0.15, 0.2) is 27.6 Å². The highest BCUT2D eigenvalue weighted by Gasteiger charge is 2.23. The fourth-order valence-electron chi connectivity index (χ4n) is 1.82. The first-order chi connectivity index (χ1) is 10.6. The van der Waals surface area contributed by atoms with Gasteiger partial charge in [0.1, 0.15) is 0 Å². The number of carbonyl (C=O) groups is 1. The quantitative estimate of drug-likeness (QED) is 0.680. The van der Waals surface area contributed by atoms with Crippen molar-refractivity contribution in [3.05, 3.63) is 28.2 Å². The third-order valence-electron chi connectivity index (χ3n) is 2.74. The number of methoxy groups -OCH3 is 1. The summed E-state index contributed by atoms with van der Waals surface area (Å²) in [5.74, 6) is -0.333. The van der Waals surface area contributed by atoms with Crippen LogP contribution in [-0.2, 0) is 14.8 Å². The molecule has 1 aromatic carbocycles. The normalized spacial score (nSPS) is 12.2. The lowest BCUT2D eigenvalue weighted by Crippen LogP contribution is -2.40. The Bertz CT molecular complexity index is 654. The van der Waals surface area contributed by atoms with Crippen molar-refractivity contribution in [3.63, 3.8) is 0 Å². The topological polar surface area (TPSA) is 84.5 Å². The molecular weight excluding hydrogens is 384 g/mol. The molecule has 0 radical (unpaired) electrons. The lowest BCUT2D eigenvalue weighted by Gasteiger charge is -2.20. The van der Waals surface area contributed by atoms with Gasteiger partial charge in [0.25, 0.3) is 5.91 Å². The number of hydrogen-bond acceptors (Lipinski definition) is 4. The molecule has 1 amide bonds. The largest absolute Gasteiger partial charge is 0.385 e. The van der Waals surface area contributed by atoms with E-state index in [1.54, 1.807) is 33.9 Å². The molecule has 0 saturated heterocycles. The predicted molar refractivity (Wildman–Crippen MR) is 93.0 cm³/mol. The standard InChI is InChI=1S/C15H23BrN2O4S/c1-15(2,3)18-23(20,21)11-6-7-13(16)12(10-11)14(19)17-8-5-9-22-4/h6-7,10,18H,5,8-9H2,1-4H3,(H,17,19). The maximum atomic E-state index is 12.4. The van der Waals surface area contributed by atoms with Crippen LogP contribution in [0.2, 0.25) is 0 Å². The van der Waals surface area contributed by atoms with E-state index in [-0.39, 0.29) is 16.4 Å². The minimum absolute atomic E-state index is 0.0534. The van der Waals surface area contributed by atoms with E-state index < -0.39 is 15.6 Å². The first-order valence-electron chi connectivity index (χ1n) is 7.17. The van der Waals surface area contributed by atoms with Crippen LogP contribution in [0.3, 0.4) is 0 Å². The number of rotatable bonds is 7. The average molecular weight is 407 g/mol. The molecule has 1 aromatic rings. The molecule has 23 heavy (non-hydrogen) atoms. The van der Waals surface area contributed by atoms with Crippen LogP contribution in [-0.4, -0.2) is 40.1 Å². The minimum atomic E-state index is -3.69. The highest BCUT2D eigenvalue weighted by molar-refractivity contribution is 9.10. The molecule has 1 rings (SSSR count). The number of ether oxygens (including phenoxy) is 1. The maximum absolute atomic E-state index is 12.4. The lowest BCUT2D eigenvalue weighted by molar-refractivity contribution is 0.0947. The molecule has 0 aromatic heterocycles. The van der Waals surface area contributed by atoms with Crippen LogP contribution in [0, 0.1) is 0 Å². The van der Waals surface area contributed by atoms with E-state index in [0.717, 1.165) is 0 Å². The van der Waals surface area contributed by atoms with Crippen molar-refractivity contribution in [2.45, 2.75) is 37.6 Å². The summed E-state index contributed by atoms with van der Waals surface area (Å²) in [4.78, 5) is 12.2. The number of amides is 1. The Kier molecular flexibility index (Phi) is 7.19. The van der Waals surface area contributed by atoms with Crippen LogP contribution in [0.5, 0.6) is 0 Å². The van der Waals surface area contributed by atoms with Crippen molar-refractivity contribution >= 4 is 31.9 Å². The Morgan fingerprint density at radius 3 is 2.52 bits per heavy atom. The Morgan fingerprint density at radius 2 is 1.96 bits per heavy atom. The van der Waals surface area contributed by atoms with Crippen molar-refractivity contribution in [1.82, 2.24) is 10.0 Å². The highest BCUT2D eigenvalue weighted by atomic mass is 79.9. The third kappa shape index (κ3) is 6.58. The molecule has 0 heterocycles. The second-order valence-corrected chi connectivity index (χ2v) is 8.64. The Morgan fingerprint density at radius 1 is 1.30 bits per heavy atom. The molecule has 0 fully saturated rings. The minimum Gasteiger partial charge on any atom is -0.385 e. The maximum Gasteiger partial charge on any atom is 0.252 e. The zero-order valence-electron chi connectivity index (χ0n) is 13.8. The van der Waals surface area contributed by atoms with Gasteiger partial charge in [-0.2, -0.15) is 0 Å². The van der Waals surface area contributed by atoms with Gasteiger partial charge in [-0.1, -0.05) is 0 Å². The summed E-state index contributed by atoms with van der Waals surface area (Å²) in [6, 6.07) is 4.38. The van der Waals surface area contributed by atoms with Gasteiger partial charge in [0.15, 0.2) is 0 Å². The summed E-state index contributed by atoms with van der Waals surface area (Å²) in [6.07, 6.45) is 0.684. The second kappa shape index (κ2) is 8.23. The Balaban J connectivity index is 2.97. The van der Waals surface area contributed by atoms with E-state index >= 15 is 0 Å². The molecule has 8 heteroatoms. The molecule has 0 atom stereocenters. The molecule has 0 unspecified atom stereocenters. The predicted octanol–water partition coefficient (Wildman–Crippen LogP) is 2.29. The fourth-order valence-corrected chi connectivity index (χ4v) is 3.69. The molecular formula is C15H23BrN2O4S. The van der Waals surface area contributed by atoms with Gasteiger partial charge in [0.2, 0.25) is 10.0 Å². The van der Waals surface area contributed by atoms with Crippen LogP contribution >= 0.6 is 15.9 Å². The highest BCUT2D eigenvalue weighted by Crippen LogP contribution is 2.22. The summed E-state index contributed by atoms with van der Waals surface area (Å²) in [5.41, 5.74) is -0.326. The number of hydrogen-bond donors (Lipinski definition) is 2. The Hall–Kier alpha value is -0.960. The van der Waals surface area contributed by atoms with Gasteiger partial charge in [0.05, 0.1) is 10.5 Å². The van der Waals surface area contributed by atoms with E-state index in [1.807, 2.05) is 0 Å². The number of halogens is 1. The van der Waals surface area contributed by atoms with E-state index in [2.05, 4.69) is 26.0 Å². The van der Waals surface area contributed by atoms with Crippen molar-refractivity contribution in [2.24, 2.45) is 0 Å². The van der Waals surface area contributed by atoms with Crippen molar-refractivity contribution in [2.75, 3.05) is 20.3 Å². The zero-order valence-corrected chi connectivity index (χ0v) is 16.2. The molecule has 0 spiro atoms. The first-order valence-corrected chi connectivity index (χ1v) is 9.45. The van der Waals surface area contributed by atoms with Gasteiger partial charge >= 0.3 is 0 Å². The molecule has 0 aliphatic rings. The number of carbonyl (C=O) groups excluding carboxylic acids is 1. The zero-order chi connectivity index (χ0) is 17.7. The summed E-state index contributed by atoms with van der Waals surface area (Å²) in [5, 5.41) is 2.74. The lowest BCUT2D eigenvalue weighted by atomic mass is 10.1. The molecule has 6 nitrogen and oxygen atoms in total. The summed E-state index contributed by atoms with van der Waals surface area (Å²) in [6.45, 7) is 6.27. The van der Waals surface area contributed by atoms with Crippen molar-refractivity contribution in [1.29, 1.82) is 0 Å². The molecule has 0 aliphatic carbocycles. The number of nitrogens with one attached hydrogen (secondary N) is 2. The van der Waals surface area contributed by atoms with Gasteiger partial charge in [-0.15, -0.1) is 0 Å². The summed E-state index contributed by atoms with van der Waals surface area (Å²) in [7, 11) is -2.10. The molecule has 2 N–H and O–H groups in total. The number of sulfonamides is 1. The van der Waals surface area contributed by atoms with Crippen LogP contribution in [0.25, 0.3) is 0 Å². The van der Waals surface area contributed by atoms with E-state index in [4.69, 9.17) is 4.74 Å². The van der Waals surface area contributed by atoms with Gasteiger partial charge in [0, 0.05) is 30.3 Å². The van der Waals surface area contributed by atoms with Crippen molar-refractivity contribution in [3.8, 4) is 0 Å². The second-order valence-electron chi connectivity index (χ2n) is 6.10. The fraction of sp³-hybridized carbons (Fsp3) is 0.533. The number of benzene rings is 1. The molecule has 0 aliphatic heterocycles.